The van der Waals surface area contributed by atoms with E-state index in [0.717, 1.165) is 9.87 Å². The number of benzene rings is 3. The molecule has 0 fully saturated rings. The molecule has 0 aliphatic heterocycles. The zero-order chi connectivity index (χ0) is 29.4. The number of anilines is 1. The number of ether oxygens (including phenoxy) is 1. The zero-order valence-corrected chi connectivity index (χ0v) is 25.1. The van der Waals surface area contributed by atoms with Crippen molar-refractivity contribution >= 4 is 50.7 Å². The van der Waals surface area contributed by atoms with Gasteiger partial charge in [-0.25, -0.2) is 8.42 Å². The highest BCUT2D eigenvalue weighted by atomic mass is 35.5. The van der Waals surface area contributed by atoms with E-state index in [-0.39, 0.29) is 34.1 Å². The molecule has 214 valence electrons. The third kappa shape index (κ3) is 7.68. The second-order valence-electron chi connectivity index (χ2n) is 9.28. The molecule has 0 spiro atoms. The Balaban J connectivity index is 2.04. The van der Waals surface area contributed by atoms with Crippen LogP contribution in [0.4, 0.5) is 5.69 Å². The lowest BCUT2D eigenvalue weighted by atomic mass is 10.1. The molecule has 1 N–H and O–H groups in total. The van der Waals surface area contributed by atoms with Crippen LogP contribution in [0.2, 0.25) is 10.0 Å². The molecule has 3 rings (SSSR count). The monoisotopic (exact) mass is 605 g/mol. The summed E-state index contributed by atoms with van der Waals surface area (Å²) in [6, 6.07) is 18.2. The van der Waals surface area contributed by atoms with Crippen LogP contribution in [0.3, 0.4) is 0 Å². The standard InChI is InChI=1S/C29H33Cl2N3O5S/c1-5-20(2)32-29(36)21(3)33(18-22-11-14-24(39-4)15-12-22)28(35)19-34(27-16-13-23(30)17-26(27)31)40(37,38)25-9-7-6-8-10-25/h6-17,20-21H,5,18-19H2,1-4H3,(H,32,36). The van der Waals surface area contributed by atoms with Gasteiger partial charge < -0.3 is 15.0 Å². The first-order chi connectivity index (χ1) is 19.0. The third-order valence-corrected chi connectivity index (χ3v) is 8.78. The van der Waals surface area contributed by atoms with Crippen molar-refractivity contribution in [2.24, 2.45) is 0 Å². The molecule has 0 aliphatic rings. The smallest absolute Gasteiger partial charge is 0.264 e. The highest BCUT2D eigenvalue weighted by molar-refractivity contribution is 7.92. The van der Waals surface area contributed by atoms with E-state index < -0.39 is 28.5 Å². The highest BCUT2D eigenvalue weighted by Crippen LogP contribution is 2.33. The molecule has 3 aromatic carbocycles. The fourth-order valence-electron chi connectivity index (χ4n) is 3.89. The van der Waals surface area contributed by atoms with Gasteiger partial charge in [0, 0.05) is 17.6 Å². The van der Waals surface area contributed by atoms with Crippen LogP contribution in [0.5, 0.6) is 5.75 Å². The number of carbonyl (C=O) groups is 2. The van der Waals surface area contributed by atoms with Gasteiger partial charge in [0.25, 0.3) is 10.0 Å². The van der Waals surface area contributed by atoms with Crippen molar-refractivity contribution in [1.29, 1.82) is 0 Å². The van der Waals surface area contributed by atoms with E-state index in [4.69, 9.17) is 27.9 Å². The maximum absolute atomic E-state index is 14.0. The second-order valence-corrected chi connectivity index (χ2v) is 12.0. The molecule has 2 unspecified atom stereocenters. The van der Waals surface area contributed by atoms with E-state index in [2.05, 4.69) is 5.32 Å². The Morgan fingerprint density at radius 1 is 0.975 bits per heavy atom. The van der Waals surface area contributed by atoms with Crippen LogP contribution in [0, 0.1) is 0 Å². The lowest BCUT2D eigenvalue weighted by molar-refractivity contribution is -0.139. The molecule has 0 saturated carbocycles. The number of amides is 2. The lowest BCUT2D eigenvalue weighted by Crippen LogP contribution is -2.52. The van der Waals surface area contributed by atoms with Crippen LogP contribution in [0.15, 0.2) is 77.7 Å². The van der Waals surface area contributed by atoms with Crippen molar-refractivity contribution in [2.45, 2.75) is 50.7 Å². The van der Waals surface area contributed by atoms with Crippen LogP contribution in [0.25, 0.3) is 0 Å². The average Bonchev–Trinajstić information content (AvgIpc) is 2.95. The lowest BCUT2D eigenvalue weighted by Gasteiger charge is -2.32. The number of sulfonamides is 1. The van der Waals surface area contributed by atoms with Crippen molar-refractivity contribution in [1.82, 2.24) is 10.2 Å². The molecule has 2 atom stereocenters. The Kier molecular flexibility index (Phi) is 10.8. The molecule has 0 radical (unpaired) electrons. The highest BCUT2D eigenvalue weighted by Gasteiger charge is 2.33. The molecule has 2 amide bonds. The summed E-state index contributed by atoms with van der Waals surface area (Å²) in [5, 5.41) is 3.28. The molecule has 40 heavy (non-hydrogen) atoms. The van der Waals surface area contributed by atoms with Gasteiger partial charge in [0.15, 0.2) is 0 Å². The summed E-state index contributed by atoms with van der Waals surface area (Å²) in [4.78, 5) is 28.4. The summed E-state index contributed by atoms with van der Waals surface area (Å²) in [7, 11) is -2.68. The normalized spacial score (nSPS) is 12.8. The largest absolute Gasteiger partial charge is 0.497 e. The van der Waals surface area contributed by atoms with Gasteiger partial charge in [-0.2, -0.15) is 0 Å². The Hall–Kier alpha value is -3.27. The SMILES string of the molecule is CCC(C)NC(=O)C(C)N(Cc1ccc(OC)cc1)C(=O)CN(c1ccc(Cl)cc1Cl)S(=O)(=O)c1ccccc1. The Labute approximate surface area is 245 Å². The summed E-state index contributed by atoms with van der Waals surface area (Å²) in [5.74, 6) is -0.298. The summed E-state index contributed by atoms with van der Waals surface area (Å²) >= 11 is 12.5. The van der Waals surface area contributed by atoms with E-state index in [9.17, 15) is 18.0 Å². The number of nitrogens with one attached hydrogen (secondary N) is 1. The van der Waals surface area contributed by atoms with Crippen molar-refractivity contribution < 1.29 is 22.7 Å². The first kappa shape index (κ1) is 31.3. The number of halogens is 2. The number of carbonyl (C=O) groups excluding carboxylic acids is 2. The molecule has 0 saturated heterocycles. The van der Waals surface area contributed by atoms with Gasteiger partial charge in [-0.05, 0) is 68.3 Å². The Morgan fingerprint density at radius 2 is 1.62 bits per heavy atom. The van der Waals surface area contributed by atoms with E-state index in [1.807, 2.05) is 13.8 Å². The predicted molar refractivity (Wildman–Crippen MR) is 158 cm³/mol. The minimum absolute atomic E-state index is 0.0157. The quantitative estimate of drug-likeness (QED) is 0.293. The third-order valence-electron chi connectivity index (χ3n) is 6.47. The van der Waals surface area contributed by atoms with Crippen LogP contribution in [-0.2, 0) is 26.2 Å². The number of rotatable bonds is 12. The van der Waals surface area contributed by atoms with Crippen molar-refractivity contribution in [3.63, 3.8) is 0 Å². The fourth-order valence-corrected chi connectivity index (χ4v) is 5.91. The van der Waals surface area contributed by atoms with Gasteiger partial charge >= 0.3 is 0 Å². The van der Waals surface area contributed by atoms with Gasteiger partial charge in [0.2, 0.25) is 11.8 Å². The Morgan fingerprint density at radius 3 is 2.20 bits per heavy atom. The molecule has 8 nitrogen and oxygen atoms in total. The average molecular weight is 607 g/mol. The molecule has 11 heteroatoms. The van der Waals surface area contributed by atoms with Crippen molar-refractivity contribution in [2.75, 3.05) is 18.0 Å². The predicted octanol–water partition coefficient (Wildman–Crippen LogP) is 5.53. The first-order valence-electron chi connectivity index (χ1n) is 12.7. The summed E-state index contributed by atoms with van der Waals surface area (Å²) < 4.78 is 33.8. The summed E-state index contributed by atoms with van der Waals surface area (Å²) in [5.41, 5.74) is 0.823. The van der Waals surface area contributed by atoms with Gasteiger partial charge in [-0.15, -0.1) is 0 Å². The van der Waals surface area contributed by atoms with E-state index >= 15 is 0 Å². The van der Waals surface area contributed by atoms with Crippen LogP contribution in [-0.4, -0.2) is 50.9 Å². The fraction of sp³-hybridized carbons (Fsp3) is 0.310. The number of hydrogen-bond acceptors (Lipinski definition) is 5. The van der Waals surface area contributed by atoms with Gasteiger partial charge in [0.05, 0.1) is 22.7 Å². The summed E-state index contributed by atoms with van der Waals surface area (Å²) in [6.45, 7) is 4.89. The number of hydrogen-bond donors (Lipinski definition) is 1. The molecular weight excluding hydrogens is 573 g/mol. The van der Waals surface area contributed by atoms with E-state index in [1.54, 1.807) is 56.5 Å². The van der Waals surface area contributed by atoms with Gasteiger partial charge in [0.1, 0.15) is 18.3 Å². The Bertz CT molecular complexity index is 1420. The molecule has 0 heterocycles. The van der Waals surface area contributed by atoms with Crippen LogP contribution < -0.4 is 14.4 Å². The zero-order valence-electron chi connectivity index (χ0n) is 22.8. The minimum atomic E-state index is -4.23. The van der Waals surface area contributed by atoms with E-state index in [1.165, 1.54) is 35.2 Å². The number of nitrogens with zero attached hydrogens (tertiary/aromatic N) is 2. The molecule has 0 aliphatic carbocycles. The maximum Gasteiger partial charge on any atom is 0.264 e. The van der Waals surface area contributed by atoms with Crippen molar-refractivity contribution in [3.8, 4) is 5.75 Å². The van der Waals surface area contributed by atoms with E-state index in [0.29, 0.717) is 17.2 Å². The number of methoxy groups -OCH3 is 1. The molecule has 3 aromatic rings. The first-order valence-corrected chi connectivity index (χ1v) is 14.9. The molecular formula is C29H33Cl2N3O5S. The van der Waals surface area contributed by atoms with Crippen LogP contribution >= 0.6 is 23.2 Å². The molecule has 0 aromatic heterocycles. The van der Waals surface area contributed by atoms with Gasteiger partial charge in [-0.3, -0.25) is 13.9 Å². The maximum atomic E-state index is 14.0. The minimum Gasteiger partial charge on any atom is -0.497 e. The van der Waals surface area contributed by atoms with Gasteiger partial charge in [-0.1, -0.05) is 60.5 Å². The topological polar surface area (TPSA) is 96.0 Å². The van der Waals surface area contributed by atoms with Crippen LogP contribution in [0.1, 0.15) is 32.8 Å². The molecule has 0 bridgehead atoms. The summed E-state index contributed by atoms with van der Waals surface area (Å²) in [6.07, 6.45) is 0.711. The second kappa shape index (κ2) is 13.9. The van der Waals surface area contributed by atoms with Crippen molar-refractivity contribution in [3.05, 3.63) is 88.4 Å².